The number of hydrogen-bond donors (Lipinski definition) is 1. The molecule has 1 N–H and O–H groups in total. The molecule has 1 aliphatic heterocycles. The van der Waals surface area contributed by atoms with Gasteiger partial charge in [-0.2, -0.15) is 0 Å². The van der Waals surface area contributed by atoms with E-state index in [1.807, 2.05) is 0 Å². The van der Waals surface area contributed by atoms with E-state index >= 15 is 0 Å². The van der Waals surface area contributed by atoms with Crippen molar-refractivity contribution in [2.45, 2.75) is 19.3 Å². The Labute approximate surface area is 80.6 Å². The van der Waals surface area contributed by atoms with E-state index in [1.165, 1.54) is 38.9 Å². The highest BCUT2D eigenvalue weighted by molar-refractivity contribution is 4.89. The highest BCUT2D eigenvalue weighted by atomic mass is 16.5. The summed E-state index contributed by atoms with van der Waals surface area (Å²) in [4.78, 5) is 1.76. The van der Waals surface area contributed by atoms with Crippen LogP contribution in [-0.2, 0) is 4.74 Å². The third kappa shape index (κ3) is 2.82. The molecule has 0 radical (unpaired) electrons. The fourth-order valence-electron chi connectivity index (χ4n) is 2.31. The summed E-state index contributed by atoms with van der Waals surface area (Å²) in [5.74, 6) is 0.943. The Morgan fingerprint density at radius 3 is 2.77 bits per heavy atom. The van der Waals surface area contributed by atoms with Crippen LogP contribution in [0.25, 0.3) is 0 Å². The molecular weight excluding hydrogens is 162 g/mol. The normalized spacial score (nSPS) is 30.6. The molecule has 74 valence electrons. The second-order valence-corrected chi connectivity index (χ2v) is 4.22. The van der Waals surface area contributed by atoms with Crippen LogP contribution in [0.3, 0.4) is 0 Å². The second-order valence-electron chi connectivity index (χ2n) is 4.22. The molecule has 2 aliphatic rings. The lowest BCUT2D eigenvalue weighted by atomic mass is 9.94. The highest BCUT2D eigenvalue weighted by Crippen LogP contribution is 2.15. The molecule has 1 fully saturated rings. The van der Waals surface area contributed by atoms with E-state index < -0.39 is 0 Å². The van der Waals surface area contributed by atoms with E-state index in [2.05, 4.69) is 12.2 Å². The van der Waals surface area contributed by atoms with Crippen LogP contribution in [0.1, 0.15) is 19.3 Å². The number of nitrogens with one attached hydrogen (secondary N) is 1. The van der Waals surface area contributed by atoms with Crippen molar-refractivity contribution >= 4 is 0 Å². The standard InChI is InChI=1S/C11H19NO/c1-2-4-11(5-3-1)10-12-6-8-13-9-7-12/h1-2,11H,3-10H2/p+1/t11-/m1/s1. The fraction of sp³-hybridized carbons (Fsp3) is 0.818. The molecule has 0 unspecified atom stereocenters. The Hall–Kier alpha value is -0.340. The molecule has 0 spiro atoms. The molecule has 1 atom stereocenters. The monoisotopic (exact) mass is 182 g/mol. The van der Waals surface area contributed by atoms with Gasteiger partial charge in [-0.3, -0.25) is 0 Å². The van der Waals surface area contributed by atoms with E-state index in [0.29, 0.717) is 0 Å². The minimum absolute atomic E-state index is 0.943. The number of morpholine rings is 1. The molecular formula is C11H20NO+. The Balaban J connectivity index is 1.72. The first-order chi connectivity index (χ1) is 6.45. The molecule has 2 rings (SSSR count). The molecule has 0 saturated carbocycles. The van der Waals surface area contributed by atoms with Gasteiger partial charge in [0.1, 0.15) is 13.1 Å². The molecule has 2 nitrogen and oxygen atoms in total. The molecule has 0 aromatic carbocycles. The van der Waals surface area contributed by atoms with Crippen molar-refractivity contribution in [1.29, 1.82) is 0 Å². The number of ether oxygens (including phenoxy) is 1. The predicted molar refractivity (Wildman–Crippen MR) is 52.9 cm³/mol. The second kappa shape index (κ2) is 4.77. The van der Waals surface area contributed by atoms with E-state index in [-0.39, 0.29) is 0 Å². The van der Waals surface area contributed by atoms with Crippen LogP contribution >= 0.6 is 0 Å². The van der Waals surface area contributed by atoms with Crippen molar-refractivity contribution in [3.05, 3.63) is 12.2 Å². The van der Waals surface area contributed by atoms with E-state index in [1.54, 1.807) is 4.90 Å². The Bertz CT molecular complexity index is 173. The van der Waals surface area contributed by atoms with Crippen LogP contribution in [0.5, 0.6) is 0 Å². The number of quaternary nitrogens is 1. The van der Waals surface area contributed by atoms with Gasteiger partial charge in [0.05, 0.1) is 19.8 Å². The first-order valence-corrected chi connectivity index (χ1v) is 5.51. The van der Waals surface area contributed by atoms with Crippen molar-refractivity contribution in [3.63, 3.8) is 0 Å². The molecule has 13 heavy (non-hydrogen) atoms. The lowest BCUT2D eigenvalue weighted by Gasteiger charge is -2.28. The maximum Gasteiger partial charge on any atom is 0.101 e. The summed E-state index contributed by atoms with van der Waals surface area (Å²) in [5, 5.41) is 0. The van der Waals surface area contributed by atoms with Crippen LogP contribution < -0.4 is 4.90 Å². The molecule has 2 heteroatoms. The van der Waals surface area contributed by atoms with E-state index in [4.69, 9.17) is 4.74 Å². The van der Waals surface area contributed by atoms with Gasteiger partial charge in [0.15, 0.2) is 0 Å². The van der Waals surface area contributed by atoms with Crippen molar-refractivity contribution < 1.29 is 9.64 Å². The minimum atomic E-state index is 0.943. The Morgan fingerprint density at radius 2 is 2.08 bits per heavy atom. The van der Waals surface area contributed by atoms with Gasteiger partial charge in [0.25, 0.3) is 0 Å². The fourth-order valence-corrected chi connectivity index (χ4v) is 2.31. The molecule has 0 bridgehead atoms. The summed E-state index contributed by atoms with van der Waals surface area (Å²) >= 11 is 0. The lowest BCUT2D eigenvalue weighted by Crippen LogP contribution is -3.14. The molecule has 1 aliphatic carbocycles. The molecule has 0 aromatic rings. The van der Waals surface area contributed by atoms with Crippen molar-refractivity contribution in [2.75, 3.05) is 32.8 Å². The van der Waals surface area contributed by atoms with Gasteiger partial charge in [0, 0.05) is 5.92 Å². The molecule has 0 amide bonds. The van der Waals surface area contributed by atoms with Gasteiger partial charge < -0.3 is 9.64 Å². The minimum Gasteiger partial charge on any atom is -0.370 e. The SMILES string of the molecule is C1=CC[C@@H](C[NH+]2CCOCC2)CC1. The number of allylic oxidation sites excluding steroid dienone is 2. The zero-order valence-corrected chi connectivity index (χ0v) is 8.30. The lowest BCUT2D eigenvalue weighted by molar-refractivity contribution is -0.911. The van der Waals surface area contributed by atoms with Crippen LogP contribution in [0.4, 0.5) is 0 Å². The first-order valence-electron chi connectivity index (χ1n) is 5.51. The maximum absolute atomic E-state index is 5.35. The topological polar surface area (TPSA) is 13.7 Å². The number of hydrogen-bond acceptors (Lipinski definition) is 1. The average Bonchev–Trinajstić information content (AvgIpc) is 2.21. The van der Waals surface area contributed by atoms with E-state index in [9.17, 15) is 0 Å². The summed E-state index contributed by atoms with van der Waals surface area (Å²) in [6.45, 7) is 5.75. The third-order valence-corrected chi connectivity index (χ3v) is 3.15. The summed E-state index contributed by atoms with van der Waals surface area (Å²) in [6.07, 6.45) is 8.69. The summed E-state index contributed by atoms with van der Waals surface area (Å²) < 4.78 is 5.35. The number of rotatable bonds is 2. The van der Waals surface area contributed by atoms with Gasteiger partial charge in [-0.1, -0.05) is 12.2 Å². The molecule has 1 heterocycles. The summed E-state index contributed by atoms with van der Waals surface area (Å²) in [6, 6.07) is 0. The summed E-state index contributed by atoms with van der Waals surface area (Å²) in [5.41, 5.74) is 0. The first kappa shape index (κ1) is 9.22. The third-order valence-electron chi connectivity index (χ3n) is 3.15. The smallest absolute Gasteiger partial charge is 0.101 e. The molecule has 0 aromatic heterocycles. The zero-order chi connectivity index (χ0) is 8.93. The van der Waals surface area contributed by atoms with Crippen molar-refractivity contribution in [1.82, 2.24) is 0 Å². The van der Waals surface area contributed by atoms with Gasteiger partial charge in [-0.05, 0) is 19.3 Å². The van der Waals surface area contributed by atoms with Crippen LogP contribution in [-0.4, -0.2) is 32.8 Å². The molecule has 1 saturated heterocycles. The van der Waals surface area contributed by atoms with Gasteiger partial charge >= 0.3 is 0 Å². The van der Waals surface area contributed by atoms with Crippen LogP contribution in [0, 0.1) is 5.92 Å². The van der Waals surface area contributed by atoms with Crippen molar-refractivity contribution in [2.24, 2.45) is 5.92 Å². The van der Waals surface area contributed by atoms with Gasteiger partial charge in [0.2, 0.25) is 0 Å². The van der Waals surface area contributed by atoms with Crippen molar-refractivity contribution in [3.8, 4) is 0 Å². The highest BCUT2D eigenvalue weighted by Gasteiger charge is 2.19. The average molecular weight is 182 g/mol. The van der Waals surface area contributed by atoms with Gasteiger partial charge in [-0.15, -0.1) is 0 Å². The Morgan fingerprint density at radius 1 is 1.23 bits per heavy atom. The van der Waals surface area contributed by atoms with Crippen LogP contribution in [0.2, 0.25) is 0 Å². The Kier molecular flexibility index (Phi) is 3.39. The van der Waals surface area contributed by atoms with Crippen LogP contribution in [0.15, 0.2) is 12.2 Å². The maximum atomic E-state index is 5.35. The summed E-state index contributed by atoms with van der Waals surface area (Å²) in [7, 11) is 0. The predicted octanol–water partition coefficient (Wildman–Crippen LogP) is 0.258. The zero-order valence-electron chi connectivity index (χ0n) is 8.30. The van der Waals surface area contributed by atoms with Gasteiger partial charge in [-0.25, -0.2) is 0 Å². The largest absolute Gasteiger partial charge is 0.370 e. The van der Waals surface area contributed by atoms with E-state index in [0.717, 1.165) is 19.1 Å². The quantitative estimate of drug-likeness (QED) is 0.605.